The maximum absolute atomic E-state index is 14.3. The number of carbonyl (C=O) groups is 1. The van der Waals surface area contributed by atoms with Crippen LogP contribution in [-0.4, -0.2) is 68.3 Å². The number of nitrogens with zero attached hydrogens (tertiary/aromatic N) is 4. The second-order valence-electron chi connectivity index (χ2n) is 12.8. The summed E-state index contributed by atoms with van der Waals surface area (Å²) in [7, 11) is 0. The van der Waals surface area contributed by atoms with Crippen molar-refractivity contribution in [1.29, 1.82) is 0 Å². The number of hydrogen-bond acceptors (Lipinski definition) is 7. The molecule has 0 radical (unpaired) electrons. The molecule has 0 unspecified atom stereocenters. The summed E-state index contributed by atoms with van der Waals surface area (Å²) in [5.74, 6) is 0.0679. The van der Waals surface area contributed by atoms with Crippen LogP contribution in [0.25, 0.3) is 28.0 Å². The average molecular weight is 647 g/mol. The van der Waals surface area contributed by atoms with E-state index in [1.165, 1.54) is 12.1 Å². The fraction of sp³-hybridized carbons (Fsp3) is 0.432. The Morgan fingerprint density at radius 2 is 1.68 bits per heavy atom. The van der Waals surface area contributed by atoms with Crippen molar-refractivity contribution >= 4 is 17.4 Å². The fourth-order valence-corrected chi connectivity index (χ4v) is 5.52. The van der Waals surface area contributed by atoms with Crippen molar-refractivity contribution in [2.45, 2.75) is 78.9 Å². The zero-order valence-electron chi connectivity index (χ0n) is 28.5. The fourth-order valence-electron chi connectivity index (χ4n) is 5.52. The summed E-state index contributed by atoms with van der Waals surface area (Å²) >= 11 is 0. The second kappa shape index (κ2) is 15.1. The highest BCUT2D eigenvalue weighted by molar-refractivity contribution is 5.78. The Labute approximate surface area is 276 Å². The van der Waals surface area contributed by atoms with E-state index in [-0.39, 0.29) is 17.8 Å². The van der Waals surface area contributed by atoms with Crippen LogP contribution >= 0.6 is 0 Å². The molecule has 0 saturated carbocycles. The molecule has 3 aliphatic rings. The summed E-state index contributed by atoms with van der Waals surface area (Å²) in [4.78, 5) is 18.8. The highest BCUT2D eigenvalue weighted by Crippen LogP contribution is 2.36. The minimum absolute atomic E-state index is 0.147. The highest BCUT2D eigenvalue weighted by atomic mass is 19.1. The topological polar surface area (TPSA) is 109 Å². The first-order valence-electron chi connectivity index (χ1n) is 16.2. The van der Waals surface area contributed by atoms with Gasteiger partial charge in [0.25, 0.3) is 0 Å². The molecule has 2 N–H and O–H groups in total. The van der Waals surface area contributed by atoms with Crippen LogP contribution < -0.4 is 9.64 Å². The molecule has 0 amide bonds. The minimum Gasteiger partial charge on any atom is -0.489 e. The quantitative estimate of drug-likeness (QED) is 0.219. The first-order chi connectivity index (χ1) is 22.3. The summed E-state index contributed by atoms with van der Waals surface area (Å²) in [5, 5.41) is 23.2. The lowest BCUT2D eigenvalue weighted by Gasteiger charge is -2.40. The largest absolute Gasteiger partial charge is 0.489 e. The molecule has 1 saturated heterocycles. The van der Waals surface area contributed by atoms with Crippen molar-refractivity contribution in [3.05, 3.63) is 77.8 Å². The van der Waals surface area contributed by atoms with Crippen LogP contribution in [0.3, 0.4) is 0 Å². The Balaban J connectivity index is 0.000000655. The number of aliphatic hydroxyl groups is 1. The maximum atomic E-state index is 14.3. The first-order valence-corrected chi connectivity index (χ1v) is 16.2. The monoisotopic (exact) mass is 646 g/mol. The molecule has 5 heterocycles. The van der Waals surface area contributed by atoms with Gasteiger partial charge < -0.3 is 24.6 Å². The third-order valence-electron chi connectivity index (χ3n) is 7.77. The van der Waals surface area contributed by atoms with E-state index in [9.17, 15) is 14.3 Å². The van der Waals surface area contributed by atoms with Gasteiger partial charge in [-0.05, 0) is 83.4 Å². The van der Waals surface area contributed by atoms with Gasteiger partial charge in [0.15, 0.2) is 5.65 Å². The number of ether oxygens (including phenoxy) is 2. The van der Waals surface area contributed by atoms with Crippen molar-refractivity contribution in [3.63, 3.8) is 0 Å². The van der Waals surface area contributed by atoms with E-state index >= 15 is 0 Å². The van der Waals surface area contributed by atoms with Gasteiger partial charge in [-0.25, -0.2) is 9.37 Å². The number of carboxylic acids is 1. The number of fused-ring (bicyclic) bond motifs is 6. The van der Waals surface area contributed by atoms with Crippen LogP contribution in [0.4, 0.5) is 10.2 Å². The van der Waals surface area contributed by atoms with Gasteiger partial charge in [-0.2, -0.15) is 9.61 Å². The lowest BCUT2D eigenvalue weighted by atomic mass is 9.93. The lowest BCUT2D eigenvalue weighted by molar-refractivity contribution is -0.136. The zero-order valence-corrected chi connectivity index (χ0v) is 28.5. The van der Waals surface area contributed by atoms with E-state index < -0.39 is 11.6 Å². The smallest absolute Gasteiger partial charge is 0.308 e. The summed E-state index contributed by atoms with van der Waals surface area (Å²) in [6, 6.07) is 14.1. The molecule has 4 aromatic rings. The van der Waals surface area contributed by atoms with Crippen LogP contribution in [-0.2, 0) is 16.0 Å². The summed E-state index contributed by atoms with van der Waals surface area (Å²) in [6.45, 7) is 15.4. The Morgan fingerprint density at radius 1 is 1.02 bits per heavy atom. The van der Waals surface area contributed by atoms with E-state index in [2.05, 4.69) is 11.8 Å². The normalized spacial score (nSPS) is 16.3. The van der Waals surface area contributed by atoms with Gasteiger partial charge in [0, 0.05) is 41.5 Å². The number of piperidine rings is 1. The number of anilines is 1. The Morgan fingerprint density at radius 3 is 2.36 bits per heavy atom. The predicted octanol–water partition coefficient (Wildman–Crippen LogP) is 7.27. The number of benzene rings is 2. The molecule has 7 rings (SSSR count). The molecule has 2 aromatic heterocycles. The molecule has 6 bridgehead atoms. The molecule has 0 atom stereocenters. The number of aromatic nitrogens is 3. The first kappa shape index (κ1) is 35.6. The second-order valence-corrected chi connectivity index (χ2v) is 12.8. The van der Waals surface area contributed by atoms with E-state index in [0.29, 0.717) is 60.2 Å². The standard InChI is InChI=1S/C31H31FN4O4.C4H10O.C2H6/c1-20-24(18-29(37)38)30-35-12-10-31(2,11-13-35)40-15-4-3-14-39-27-9-8-23(32)17-25(27)21-6-5-7-22(16-21)26-19-28(33-20)36(30)34-26;1-4(2,3)5;1-2/h3-9,16-17,19H,10-15,18H2,1-2H3,(H,37,38);5H,1-3H3;1-2H3/b4-3-;;. The minimum atomic E-state index is -0.916. The van der Waals surface area contributed by atoms with E-state index in [1.807, 2.05) is 63.3 Å². The number of aliphatic carboxylic acids is 1. The lowest BCUT2D eigenvalue weighted by Crippen LogP contribution is -2.45. The number of carboxylic acid groups (broad SMARTS) is 1. The Kier molecular flexibility index (Phi) is 11.4. The van der Waals surface area contributed by atoms with Crippen LogP contribution in [0.5, 0.6) is 5.75 Å². The molecule has 1 fully saturated rings. The maximum Gasteiger partial charge on any atom is 0.308 e. The molecule has 3 aliphatic heterocycles. The van der Waals surface area contributed by atoms with Crippen LogP contribution in [0.2, 0.25) is 0 Å². The van der Waals surface area contributed by atoms with Gasteiger partial charge in [0.1, 0.15) is 24.0 Å². The highest BCUT2D eigenvalue weighted by Gasteiger charge is 2.33. The predicted molar refractivity (Wildman–Crippen MR) is 184 cm³/mol. The van der Waals surface area contributed by atoms with Crippen molar-refractivity contribution in [2.75, 3.05) is 31.2 Å². The van der Waals surface area contributed by atoms with Gasteiger partial charge in [0.05, 0.1) is 29.9 Å². The van der Waals surface area contributed by atoms with Crippen LogP contribution in [0.15, 0.2) is 60.7 Å². The molecule has 0 aliphatic carbocycles. The Bertz CT molecular complexity index is 1710. The molecule has 47 heavy (non-hydrogen) atoms. The van der Waals surface area contributed by atoms with Gasteiger partial charge >= 0.3 is 5.97 Å². The molecule has 2 aromatic carbocycles. The van der Waals surface area contributed by atoms with Crippen molar-refractivity contribution in [3.8, 4) is 28.1 Å². The number of aryl methyl sites for hydroxylation is 1. The molecular weight excluding hydrogens is 599 g/mol. The van der Waals surface area contributed by atoms with Crippen molar-refractivity contribution in [2.24, 2.45) is 0 Å². The van der Waals surface area contributed by atoms with E-state index in [4.69, 9.17) is 24.7 Å². The number of rotatable bonds is 2. The van der Waals surface area contributed by atoms with Crippen molar-refractivity contribution < 1.29 is 28.9 Å². The van der Waals surface area contributed by atoms with Crippen LogP contribution in [0, 0.1) is 12.7 Å². The third kappa shape index (κ3) is 9.17. The summed E-state index contributed by atoms with van der Waals surface area (Å²) in [5.41, 5.74) is 4.11. The molecular formula is C37H47FN4O5. The zero-order chi connectivity index (χ0) is 34.4. The van der Waals surface area contributed by atoms with Gasteiger partial charge in [0.2, 0.25) is 0 Å². The summed E-state index contributed by atoms with van der Waals surface area (Å²) in [6.07, 6.45) is 5.27. The van der Waals surface area contributed by atoms with Crippen molar-refractivity contribution in [1.82, 2.24) is 14.6 Å². The third-order valence-corrected chi connectivity index (χ3v) is 7.77. The van der Waals surface area contributed by atoms with Gasteiger partial charge in [-0.15, -0.1) is 0 Å². The molecule has 252 valence electrons. The number of hydrogen-bond donors (Lipinski definition) is 2. The van der Waals surface area contributed by atoms with E-state index in [0.717, 1.165) is 29.8 Å². The number of halogens is 1. The molecule has 9 nitrogen and oxygen atoms in total. The Hall–Kier alpha value is -4.28. The SMILES string of the molecule is CC.CC(C)(C)O.Cc1nc2cc3nn2c(c1CC(=O)O)N1CCC(C)(CC1)OC/C=C\COc1ccc(F)cc1-c1cccc-3c1. The summed E-state index contributed by atoms with van der Waals surface area (Å²) < 4.78 is 28.4. The molecule has 0 spiro atoms. The average Bonchev–Trinajstić information content (AvgIpc) is 3.44. The van der Waals surface area contributed by atoms with Gasteiger partial charge in [-0.3, -0.25) is 4.79 Å². The van der Waals surface area contributed by atoms with Crippen LogP contribution in [0.1, 0.15) is 65.6 Å². The van der Waals surface area contributed by atoms with E-state index in [1.54, 1.807) is 31.4 Å². The molecule has 10 heteroatoms. The van der Waals surface area contributed by atoms with Gasteiger partial charge in [-0.1, -0.05) is 38.1 Å².